The van der Waals surface area contributed by atoms with Crippen LogP contribution in [0.25, 0.3) is 0 Å². The Balaban J connectivity index is 3.19. The Morgan fingerprint density at radius 1 is 1.24 bits per heavy atom. The minimum atomic E-state index is -0.294. The molecule has 2 N–H and O–H groups in total. The second-order valence-electron chi connectivity index (χ2n) is 4.61. The molecule has 96 valence electrons. The minimum Gasteiger partial charge on any atom is -0.330 e. The fourth-order valence-corrected chi connectivity index (χ4v) is 2.95. The van der Waals surface area contributed by atoms with E-state index in [2.05, 4.69) is 13.8 Å². The first-order valence-electron chi connectivity index (χ1n) is 6.25. The van der Waals surface area contributed by atoms with Crippen molar-refractivity contribution in [2.24, 2.45) is 5.73 Å². The fraction of sp³-hybridized carbons (Fsp3) is 0.571. The zero-order valence-electron chi connectivity index (χ0n) is 10.6. The molecule has 1 aromatic rings. The molecule has 1 nitrogen and oxygen atoms in total. The number of benzene rings is 1. The van der Waals surface area contributed by atoms with Gasteiger partial charge in [-0.15, -0.1) is 0 Å². The van der Waals surface area contributed by atoms with Gasteiger partial charge in [0.15, 0.2) is 0 Å². The van der Waals surface area contributed by atoms with Crippen LogP contribution in [0.5, 0.6) is 0 Å². The van der Waals surface area contributed by atoms with Crippen molar-refractivity contribution in [2.45, 2.75) is 44.9 Å². The van der Waals surface area contributed by atoms with Gasteiger partial charge >= 0.3 is 0 Å². The summed E-state index contributed by atoms with van der Waals surface area (Å²) in [5.74, 6) is -0.294. The van der Waals surface area contributed by atoms with Crippen LogP contribution >= 0.6 is 11.6 Å². The third-order valence-electron chi connectivity index (χ3n) is 3.35. The van der Waals surface area contributed by atoms with Gasteiger partial charge < -0.3 is 5.73 Å². The molecule has 0 aromatic heterocycles. The van der Waals surface area contributed by atoms with Crippen LogP contribution in [-0.2, 0) is 5.41 Å². The molecule has 0 unspecified atom stereocenters. The average molecular weight is 258 g/mol. The molecule has 0 radical (unpaired) electrons. The summed E-state index contributed by atoms with van der Waals surface area (Å²) in [6, 6.07) is 4.64. The molecule has 3 heteroatoms. The molecule has 0 spiro atoms. The van der Waals surface area contributed by atoms with Gasteiger partial charge in [0.2, 0.25) is 0 Å². The molecule has 0 atom stereocenters. The molecular formula is C14H21ClFN. The summed E-state index contributed by atoms with van der Waals surface area (Å²) in [6.45, 7) is 4.83. The van der Waals surface area contributed by atoms with Gasteiger partial charge in [0, 0.05) is 17.0 Å². The van der Waals surface area contributed by atoms with Crippen molar-refractivity contribution in [1.82, 2.24) is 0 Å². The normalized spacial score (nSPS) is 11.8. The van der Waals surface area contributed by atoms with Crippen LogP contribution in [0.4, 0.5) is 4.39 Å². The van der Waals surface area contributed by atoms with E-state index < -0.39 is 0 Å². The highest BCUT2D eigenvalue weighted by Gasteiger charge is 2.30. The molecule has 1 rings (SSSR count). The summed E-state index contributed by atoms with van der Waals surface area (Å²) < 4.78 is 13.1. The Morgan fingerprint density at radius 3 is 2.24 bits per heavy atom. The lowest BCUT2D eigenvalue weighted by molar-refractivity contribution is 0.365. The average Bonchev–Trinajstić information content (AvgIpc) is 2.28. The van der Waals surface area contributed by atoms with Crippen molar-refractivity contribution in [1.29, 1.82) is 0 Å². The second kappa shape index (κ2) is 6.36. The largest absolute Gasteiger partial charge is 0.330 e. The summed E-state index contributed by atoms with van der Waals surface area (Å²) >= 11 is 6.17. The van der Waals surface area contributed by atoms with Crippen molar-refractivity contribution < 1.29 is 4.39 Å². The van der Waals surface area contributed by atoms with E-state index in [1.165, 1.54) is 12.1 Å². The molecule has 0 aliphatic heterocycles. The van der Waals surface area contributed by atoms with Crippen LogP contribution in [0.2, 0.25) is 5.02 Å². The highest BCUT2D eigenvalue weighted by Crippen LogP contribution is 2.37. The van der Waals surface area contributed by atoms with Crippen LogP contribution in [0.1, 0.15) is 45.1 Å². The Morgan fingerprint density at radius 2 is 1.82 bits per heavy atom. The number of nitrogens with two attached hydrogens (primary N) is 1. The lowest BCUT2D eigenvalue weighted by Crippen LogP contribution is -2.35. The molecule has 0 amide bonds. The minimum absolute atomic E-state index is 0.103. The van der Waals surface area contributed by atoms with E-state index in [-0.39, 0.29) is 11.2 Å². The molecule has 0 aliphatic rings. The number of rotatable bonds is 6. The highest BCUT2D eigenvalue weighted by atomic mass is 35.5. The smallest absolute Gasteiger partial charge is 0.124 e. The number of hydrogen-bond donors (Lipinski definition) is 1. The molecule has 0 heterocycles. The summed E-state index contributed by atoms with van der Waals surface area (Å²) in [5, 5.41) is 0.498. The fourth-order valence-electron chi connectivity index (χ4n) is 2.59. The van der Waals surface area contributed by atoms with E-state index in [1.54, 1.807) is 6.07 Å². The lowest BCUT2D eigenvalue weighted by Gasteiger charge is -2.33. The van der Waals surface area contributed by atoms with E-state index in [4.69, 9.17) is 17.3 Å². The van der Waals surface area contributed by atoms with Gasteiger partial charge in [-0.05, 0) is 30.5 Å². The molecule has 1 aromatic carbocycles. The standard InChI is InChI=1S/C14H21ClFN/c1-3-7-14(10-17,8-4-2)12-6-5-11(16)9-13(12)15/h5-6,9H,3-4,7-8,10,17H2,1-2H3. The van der Waals surface area contributed by atoms with E-state index in [9.17, 15) is 4.39 Å². The SMILES string of the molecule is CCCC(CN)(CCC)c1ccc(F)cc1Cl. The van der Waals surface area contributed by atoms with Crippen LogP contribution in [-0.4, -0.2) is 6.54 Å². The predicted molar refractivity (Wildman–Crippen MR) is 72.0 cm³/mol. The van der Waals surface area contributed by atoms with Crippen molar-refractivity contribution >= 4 is 11.6 Å². The van der Waals surface area contributed by atoms with Crippen LogP contribution in [0.15, 0.2) is 18.2 Å². The molecule has 0 saturated carbocycles. The summed E-state index contributed by atoms with van der Waals surface area (Å²) in [4.78, 5) is 0. The summed E-state index contributed by atoms with van der Waals surface area (Å²) in [6.07, 6.45) is 4.07. The monoisotopic (exact) mass is 257 g/mol. The zero-order valence-corrected chi connectivity index (χ0v) is 11.4. The maximum atomic E-state index is 13.1. The van der Waals surface area contributed by atoms with Gasteiger partial charge in [-0.1, -0.05) is 44.4 Å². The van der Waals surface area contributed by atoms with Crippen LogP contribution in [0.3, 0.4) is 0 Å². The first kappa shape index (κ1) is 14.5. The Labute approximate surface area is 108 Å². The molecule has 0 fully saturated rings. The van der Waals surface area contributed by atoms with Gasteiger partial charge in [-0.2, -0.15) is 0 Å². The Kier molecular flexibility index (Phi) is 5.41. The van der Waals surface area contributed by atoms with Gasteiger partial charge in [0.05, 0.1) is 0 Å². The van der Waals surface area contributed by atoms with Crippen LogP contribution in [0, 0.1) is 5.82 Å². The van der Waals surface area contributed by atoms with Gasteiger partial charge in [0.25, 0.3) is 0 Å². The van der Waals surface area contributed by atoms with Gasteiger partial charge in [-0.25, -0.2) is 4.39 Å². The summed E-state index contributed by atoms with van der Waals surface area (Å²) in [5.41, 5.74) is 6.86. The van der Waals surface area contributed by atoms with Crippen molar-refractivity contribution in [3.05, 3.63) is 34.6 Å². The van der Waals surface area contributed by atoms with E-state index in [0.717, 1.165) is 31.2 Å². The second-order valence-corrected chi connectivity index (χ2v) is 5.02. The molecule has 17 heavy (non-hydrogen) atoms. The Hall–Kier alpha value is -0.600. The van der Waals surface area contributed by atoms with Crippen molar-refractivity contribution in [3.63, 3.8) is 0 Å². The zero-order chi connectivity index (χ0) is 12.9. The van der Waals surface area contributed by atoms with Gasteiger partial charge in [0.1, 0.15) is 5.82 Å². The number of halogens is 2. The molecule has 0 bridgehead atoms. The molecule has 0 aliphatic carbocycles. The van der Waals surface area contributed by atoms with E-state index in [1.807, 2.05) is 0 Å². The number of hydrogen-bond acceptors (Lipinski definition) is 1. The molecule has 0 saturated heterocycles. The Bertz CT molecular complexity index is 359. The van der Waals surface area contributed by atoms with E-state index >= 15 is 0 Å². The quantitative estimate of drug-likeness (QED) is 0.809. The van der Waals surface area contributed by atoms with E-state index in [0.29, 0.717) is 11.6 Å². The molecular weight excluding hydrogens is 237 g/mol. The first-order valence-corrected chi connectivity index (χ1v) is 6.63. The maximum absolute atomic E-state index is 13.1. The summed E-state index contributed by atoms with van der Waals surface area (Å²) in [7, 11) is 0. The van der Waals surface area contributed by atoms with Crippen molar-refractivity contribution in [3.8, 4) is 0 Å². The third-order valence-corrected chi connectivity index (χ3v) is 3.66. The van der Waals surface area contributed by atoms with Crippen LogP contribution < -0.4 is 5.73 Å². The lowest BCUT2D eigenvalue weighted by atomic mass is 9.73. The highest BCUT2D eigenvalue weighted by molar-refractivity contribution is 6.31. The third kappa shape index (κ3) is 3.20. The van der Waals surface area contributed by atoms with Crippen molar-refractivity contribution in [2.75, 3.05) is 6.54 Å². The van der Waals surface area contributed by atoms with Gasteiger partial charge in [-0.3, -0.25) is 0 Å². The first-order chi connectivity index (χ1) is 8.09. The maximum Gasteiger partial charge on any atom is 0.124 e. The predicted octanol–water partition coefficient (Wildman–Crippen LogP) is 4.28. The topological polar surface area (TPSA) is 26.0 Å².